The van der Waals surface area contributed by atoms with E-state index in [9.17, 15) is 9.18 Å². The van der Waals surface area contributed by atoms with Crippen LogP contribution in [0.4, 0.5) is 10.1 Å². The molecule has 1 aliphatic rings. The molecule has 0 amide bonds. The Balaban J connectivity index is 2.18. The molecule has 1 saturated heterocycles. The number of carboxylic acid groups (broad SMARTS) is 1. The van der Waals surface area contributed by atoms with E-state index in [4.69, 9.17) is 5.11 Å². The summed E-state index contributed by atoms with van der Waals surface area (Å²) in [6, 6.07) is 4.26. The first kappa shape index (κ1) is 10.9. The molecule has 16 heavy (non-hydrogen) atoms. The van der Waals surface area contributed by atoms with Gasteiger partial charge in [0.1, 0.15) is 5.82 Å². The number of hydrogen-bond donors (Lipinski definition) is 1. The van der Waals surface area contributed by atoms with E-state index < -0.39 is 11.8 Å². The number of carboxylic acids is 1. The molecule has 4 heteroatoms. The van der Waals surface area contributed by atoms with Crippen molar-refractivity contribution < 1.29 is 14.3 Å². The topological polar surface area (TPSA) is 40.5 Å². The molecule has 1 aliphatic heterocycles. The Labute approximate surface area is 93.5 Å². The molecular formula is C12H14FNO2. The largest absolute Gasteiger partial charge is 0.478 e. The van der Waals surface area contributed by atoms with Gasteiger partial charge in [-0.15, -0.1) is 0 Å². The van der Waals surface area contributed by atoms with E-state index in [1.807, 2.05) is 0 Å². The summed E-state index contributed by atoms with van der Waals surface area (Å²) in [4.78, 5) is 12.8. The highest BCUT2D eigenvalue weighted by molar-refractivity contribution is 5.89. The Morgan fingerprint density at radius 2 is 2.25 bits per heavy atom. The molecular weight excluding hydrogens is 209 g/mol. The quantitative estimate of drug-likeness (QED) is 0.855. The van der Waals surface area contributed by atoms with Crippen LogP contribution in [0, 0.1) is 11.7 Å². The van der Waals surface area contributed by atoms with Crippen LogP contribution in [-0.4, -0.2) is 24.2 Å². The lowest BCUT2D eigenvalue weighted by molar-refractivity contribution is 0.0692. The number of halogens is 1. The Morgan fingerprint density at radius 3 is 2.81 bits per heavy atom. The van der Waals surface area contributed by atoms with Crippen LogP contribution in [0.5, 0.6) is 0 Å². The van der Waals surface area contributed by atoms with Gasteiger partial charge in [0.05, 0.1) is 5.56 Å². The molecule has 0 unspecified atom stereocenters. The van der Waals surface area contributed by atoms with Gasteiger partial charge in [0.25, 0.3) is 0 Å². The van der Waals surface area contributed by atoms with Gasteiger partial charge in [0.15, 0.2) is 0 Å². The van der Waals surface area contributed by atoms with E-state index >= 15 is 0 Å². The molecule has 0 spiro atoms. The molecule has 2 rings (SSSR count). The molecule has 0 saturated carbocycles. The molecule has 1 aromatic rings. The van der Waals surface area contributed by atoms with Crippen molar-refractivity contribution in [2.75, 3.05) is 18.0 Å². The highest BCUT2D eigenvalue weighted by Crippen LogP contribution is 2.27. The maximum atomic E-state index is 13.1. The molecule has 0 aliphatic carbocycles. The standard InChI is InChI=1S/C12H14FNO2/c1-2-8-6-14(7-8)9-3-4-11(13)10(5-9)12(15)16/h3-5,8H,2,6-7H2,1H3,(H,15,16). The zero-order chi connectivity index (χ0) is 11.7. The second-order valence-electron chi connectivity index (χ2n) is 4.15. The summed E-state index contributed by atoms with van der Waals surface area (Å²) in [5.74, 6) is -1.21. The Kier molecular flexibility index (Phi) is 2.81. The van der Waals surface area contributed by atoms with Gasteiger partial charge in [-0.3, -0.25) is 0 Å². The van der Waals surface area contributed by atoms with Gasteiger partial charge in [0.2, 0.25) is 0 Å². The van der Waals surface area contributed by atoms with Crippen LogP contribution in [0.15, 0.2) is 18.2 Å². The van der Waals surface area contributed by atoms with Crippen LogP contribution in [0.25, 0.3) is 0 Å². The smallest absolute Gasteiger partial charge is 0.338 e. The van der Waals surface area contributed by atoms with E-state index in [0.717, 1.165) is 25.2 Å². The Bertz CT molecular complexity index is 413. The van der Waals surface area contributed by atoms with Crippen molar-refractivity contribution in [2.45, 2.75) is 13.3 Å². The minimum atomic E-state index is -1.22. The summed E-state index contributed by atoms with van der Waals surface area (Å²) in [7, 11) is 0. The van der Waals surface area contributed by atoms with Crippen molar-refractivity contribution in [1.29, 1.82) is 0 Å². The number of nitrogens with zero attached hydrogens (tertiary/aromatic N) is 1. The fraction of sp³-hybridized carbons (Fsp3) is 0.417. The van der Waals surface area contributed by atoms with Gasteiger partial charge in [-0.05, 0) is 30.5 Å². The SMILES string of the molecule is CCC1CN(c2ccc(F)c(C(=O)O)c2)C1. The van der Waals surface area contributed by atoms with Gasteiger partial charge in [-0.1, -0.05) is 6.92 Å². The van der Waals surface area contributed by atoms with Crippen LogP contribution in [0.2, 0.25) is 0 Å². The lowest BCUT2D eigenvalue weighted by atomic mass is 9.96. The highest BCUT2D eigenvalue weighted by atomic mass is 19.1. The molecule has 0 aromatic heterocycles. The van der Waals surface area contributed by atoms with E-state index in [1.54, 1.807) is 6.07 Å². The lowest BCUT2D eigenvalue weighted by Gasteiger charge is -2.40. The third kappa shape index (κ3) is 1.87. The van der Waals surface area contributed by atoms with Crippen molar-refractivity contribution in [3.8, 4) is 0 Å². The first-order valence-electron chi connectivity index (χ1n) is 5.39. The van der Waals surface area contributed by atoms with Crippen molar-refractivity contribution in [2.24, 2.45) is 5.92 Å². The summed E-state index contributed by atoms with van der Waals surface area (Å²) in [6.45, 7) is 4.00. The molecule has 0 radical (unpaired) electrons. The summed E-state index contributed by atoms with van der Waals surface area (Å²) >= 11 is 0. The van der Waals surface area contributed by atoms with E-state index in [0.29, 0.717) is 5.92 Å². The third-order valence-corrected chi connectivity index (χ3v) is 3.08. The zero-order valence-electron chi connectivity index (χ0n) is 9.11. The van der Waals surface area contributed by atoms with Gasteiger partial charge in [-0.25, -0.2) is 9.18 Å². The van der Waals surface area contributed by atoms with Crippen LogP contribution in [0.3, 0.4) is 0 Å². The zero-order valence-corrected chi connectivity index (χ0v) is 9.11. The summed E-state index contributed by atoms with van der Waals surface area (Å²) in [6.07, 6.45) is 1.13. The third-order valence-electron chi connectivity index (χ3n) is 3.08. The van der Waals surface area contributed by atoms with Gasteiger partial charge < -0.3 is 10.0 Å². The van der Waals surface area contributed by atoms with Gasteiger partial charge in [-0.2, -0.15) is 0 Å². The molecule has 1 aromatic carbocycles. The van der Waals surface area contributed by atoms with E-state index in [-0.39, 0.29) is 5.56 Å². The number of aromatic carboxylic acids is 1. The molecule has 1 heterocycles. The van der Waals surface area contributed by atoms with E-state index in [1.165, 1.54) is 12.1 Å². The van der Waals surface area contributed by atoms with Gasteiger partial charge >= 0.3 is 5.97 Å². The van der Waals surface area contributed by atoms with E-state index in [2.05, 4.69) is 11.8 Å². The minimum absolute atomic E-state index is 0.252. The summed E-state index contributed by atoms with van der Waals surface area (Å²) in [5.41, 5.74) is 0.543. The maximum absolute atomic E-state index is 13.1. The molecule has 1 fully saturated rings. The van der Waals surface area contributed by atoms with Gasteiger partial charge in [0, 0.05) is 18.8 Å². The van der Waals surface area contributed by atoms with Crippen molar-refractivity contribution in [3.05, 3.63) is 29.6 Å². The van der Waals surface area contributed by atoms with Crippen molar-refractivity contribution in [3.63, 3.8) is 0 Å². The monoisotopic (exact) mass is 223 g/mol. The molecule has 3 nitrogen and oxygen atoms in total. The average molecular weight is 223 g/mol. The van der Waals surface area contributed by atoms with Crippen LogP contribution >= 0.6 is 0 Å². The maximum Gasteiger partial charge on any atom is 0.338 e. The van der Waals surface area contributed by atoms with Crippen LogP contribution in [-0.2, 0) is 0 Å². The Morgan fingerprint density at radius 1 is 1.56 bits per heavy atom. The highest BCUT2D eigenvalue weighted by Gasteiger charge is 2.26. The summed E-state index contributed by atoms with van der Waals surface area (Å²) < 4.78 is 13.1. The molecule has 86 valence electrons. The van der Waals surface area contributed by atoms with Crippen molar-refractivity contribution >= 4 is 11.7 Å². The van der Waals surface area contributed by atoms with Crippen LogP contribution < -0.4 is 4.90 Å². The first-order valence-corrected chi connectivity index (χ1v) is 5.39. The number of anilines is 1. The second kappa shape index (κ2) is 4.12. The fourth-order valence-electron chi connectivity index (χ4n) is 1.91. The number of benzene rings is 1. The molecule has 1 N–H and O–H groups in total. The minimum Gasteiger partial charge on any atom is -0.478 e. The summed E-state index contributed by atoms with van der Waals surface area (Å²) in [5, 5.41) is 8.80. The molecule has 0 bridgehead atoms. The average Bonchev–Trinajstić information content (AvgIpc) is 2.18. The predicted molar refractivity (Wildman–Crippen MR) is 59.4 cm³/mol. The Hall–Kier alpha value is -1.58. The number of carbonyl (C=O) groups is 1. The number of hydrogen-bond acceptors (Lipinski definition) is 2. The van der Waals surface area contributed by atoms with Crippen molar-refractivity contribution in [1.82, 2.24) is 0 Å². The second-order valence-corrected chi connectivity index (χ2v) is 4.15. The van der Waals surface area contributed by atoms with Crippen LogP contribution in [0.1, 0.15) is 23.7 Å². The fourth-order valence-corrected chi connectivity index (χ4v) is 1.91. The first-order chi connectivity index (χ1) is 7.61. The number of rotatable bonds is 3. The molecule has 0 atom stereocenters. The normalized spacial score (nSPS) is 16.0. The lowest BCUT2D eigenvalue weighted by Crippen LogP contribution is -2.46. The predicted octanol–water partition coefficient (Wildman–Crippen LogP) is 2.37.